The number of aliphatic hydroxyl groups excluding tert-OH is 1. The van der Waals surface area contributed by atoms with Gasteiger partial charge in [-0.05, 0) is 29.8 Å². The Kier molecular flexibility index (Phi) is 3.94. The highest BCUT2D eigenvalue weighted by molar-refractivity contribution is 6.33. The minimum absolute atomic E-state index is 0.337. The summed E-state index contributed by atoms with van der Waals surface area (Å²) in [6, 6.07) is 6.84. The first-order valence-corrected chi connectivity index (χ1v) is 5.81. The number of aliphatic hydroxyl groups is 1. The van der Waals surface area contributed by atoms with Gasteiger partial charge in [0, 0.05) is 28.9 Å². The lowest BCUT2D eigenvalue weighted by Crippen LogP contribution is -2.06. The summed E-state index contributed by atoms with van der Waals surface area (Å²) >= 11 is 11.9. The molecule has 0 bridgehead atoms. The molecule has 0 saturated heterocycles. The zero-order valence-corrected chi connectivity index (χ0v) is 10.4. The van der Waals surface area contributed by atoms with Crippen molar-refractivity contribution in [3.05, 3.63) is 58.1 Å². The molecule has 5 heteroatoms. The molecule has 1 aromatic carbocycles. The van der Waals surface area contributed by atoms with Crippen molar-refractivity contribution in [2.75, 3.05) is 0 Å². The van der Waals surface area contributed by atoms with Gasteiger partial charge in [0.05, 0.1) is 0 Å². The van der Waals surface area contributed by atoms with E-state index in [2.05, 4.69) is 9.97 Å². The number of hydrogen-bond acceptors (Lipinski definition) is 3. The number of nitrogens with zero attached hydrogens (tertiary/aromatic N) is 2. The molecule has 0 saturated carbocycles. The molecule has 0 spiro atoms. The average Bonchev–Trinajstić information content (AvgIpc) is 2.35. The molecule has 2 rings (SSSR count). The number of halogens is 2. The Hall–Kier alpha value is -1.16. The second kappa shape index (κ2) is 5.45. The van der Waals surface area contributed by atoms with Crippen LogP contribution in [-0.4, -0.2) is 15.1 Å². The topological polar surface area (TPSA) is 46.0 Å². The fourth-order valence-electron chi connectivity index (χ4n) is 1.48. The van der Waals surface area contributed by atoms with Crippen LogP contribution >= 0.6 is 23.2 Å². The maximum atomic E-state index is 9.96. The Morgan fingerprint density at radius 2 is 1.88 bits per heavy atom. The highest BCUT2D eigenvalue weighted by atomic mass is 35.5. The standard InChI is InChI=1S/C12H10Cl2N2O/c13-9-2-3-10(14)8(6-9)7-11(17)12-15-4-1-5-16-12/h1-6,11,17H,7H2. The Morgan fingerprint density at radius 1 is 1.18 bits per heavy atom. The van der Waals surface area contributed by atoms with E-state index >= 15 is 0 Å². The van der Waals surface area contributed by atoms with E-state index in [1.54, 1.807) is 36.7 Å². The summed E-state index contributed by atoms with van der Waals surface area (Å²) in [4.78, 5) is 7.98. The molecule has 0 fully saturated rings. The fourth-order valence-corrected chi connectivity index (χ4v) is 1.87. The van der Waals surface area contributed by atoms with Gasteiger partial charge in [0.1, 0.15) is 6.10 Å². The summed E-state index contributed by atoms with van der Waals surface area (Å²) in [5.74, 6) is 0.378. The van der Waals surface area contributed by atoms with Gasteiger partial charge >= 0.3 is 0 Å². The molecule has 0 aliphatic carbocycles. The van der Waals surface area contributed by atoms with E-state index in [9.17, 15) is 5.11 Å². The minimum atomic E-state index is -0.785. The largest absolute Gasteiger partial charge is 0.385 e. The lowest BCUT2D eigenvalue weighted by molar-refractivity contribution is 0.168. The monoisotopic (exact) mass is 268 g/mol. The maximum absolute atomic E-state index is 9.96. The molecule has 1 atom stereocenters. The molecule has 3 nitrogen and oxygen atoms in total. The van der Waals surface area contributed by atoms with Gasteiger partial charge in [-0.15, -0.1) is 0 Å². The molecule has 0 aliphatic heterocycles. The maximum Gasteiger partial charge on any atom is 0.157 e. The van der Waals surface area contributed by atoms with Crippen LogP contribution < -0.4 is 0 Å². The van der Waals surface area contributed by atoms with Gasteiger partial charge in [-0.25, -0.2) is 9.97 Å². The summed E-state index contributed by atoms with van der Waals surface area (Å²) in [7, 11) is 0. The first kappa shape index (κ1) is 12.3. The Morgan fingerprint density at radius 3 is 2.59 bits per heavy atom. The zero-order chi connectivity index (χ0) is 12.3. The molecular weight excluding hydrogens is 259 g/mol. The summed E-state index contributed by atoms with van der Waals surface area (Å²) < 4.78 is 0. The van der Waals surface area contributed by atoms with Crippen molar-refractivity contribution in [2.45, 2.75) is 12.5 Å². The van der Waals surface area contributed by atoms with E-state index in [-0.39, 0.29) is 0 Å². The number of hydrogen-bond donors (Lipinski definition) is 1. The van der Waals surface area contributed by atoms with Gasteiger partial charge in [0.25, 0.3) is 0 Å². The quantitative estimate of drug-likeness (QED) is 0.931. The predicted octanol–water partition coefficient (Wildman–Crippen LogP) is 3.06. The van der Waals surface area contributed by atoms with Gasteiger partial charge < -0.3 is 5.11 Å². The normalized spacial score (nSPS) is 12.4. The fraction of sp³-hybridized carbons (Fsp3) is 0.167. The van der Waals surface area contributed by atoms with E-state index in [4.69, 9.17) is 23.2 Å². The lowest BCUT2D eigenvalue weighted by Gasteiger charge is -2.10. The van der Waals surface area contributed by atoms with Crippen LogP contribution in [-0.2, 0) is 6.42 Å². The van der Waals surface area contributed by atoms with Crippen molar-refractivity contribution >= 4 is 23.2 Å². The smallest absolute Gasteiger partial charge is 0.157 e. The highest BCUT2D eigenvalue weighted by Crippen LogP contribution is 2.24. The van der Waals surface area contributed by atoms with Gasteiger partial charge in [0.2, 0.25) is 0 Å². The van der Waals surface area contributed by atoms with Crippen LogP contribution in [0.15, 0.2) is 36.7 Å². The Bertz CT molecular complexity index is 505. The number of rotatable bonds is 3. The zero-order valence-electron chi connectivity index (χ0n) is 8.85. The summed E-state index contributed by atoms with van der Waals surface area (Å²) in [6.45, 7) is 0. The summed E-state index contributed by atoms with van der Waals surface area (Å²) in [5, 5.41) is 11.1. The molecule has 88 valence electrons. The molecule has 1 N–H and O–H groups in total. The second-order valence-corrected chi connectivity index (χ2v) is 4.41. The third kappa shape index (κ3) is 3.16. The predicted molar refractivity (Wildman–Crippen MR) is 67.2 cm³/mol. The van der Waals surface area contributed by atoms with E-state index in [0.29, 0.717) is 22.3 Å². The molecule has 1 unspecified atom stereocenters. The van der Waals surface area contributed by atoms with Crippen LogP contribution in [0, 0.1) is 0 Å². The summed E-state index contributed by atoms with van der Waals surface area (Å²) in [6.07, 6.45) is 2.73. The van der Waals surface area contributed by atoms with E-state index < -0.39 is 6.10 Å². The van der Waals surface area contributed by atoms with Gasteiger partial charge in [-0.1, -0.05) is 23.2 Å². The summed E-state index contributed by atoms with van der Waals surface area (Å²) in [5.41, 5.74) is 0.777. The lowest BCUT2D eigenvalue weighted by atomic mass is 10.1. The van der Waals surface area contributed by atoms with Gasteiger partial charge in [-0.2, -0.15) is 0 Å². The van der Waals surface area contributed by atoms with Gasteiger partial charge in [-0.3, -0.25) is 0 Å². The van der Waals surface area contributed by atoms with Crippen LogP contribution in [0.1, 0.15) is 17.5 Å². The van der Waals surface area contributed by atoms with Crippen molar-refractivity contribution in [1.29, 1.82) is 0 Å². The van der Waals surface area contributed by atoms with Crippen LogP contribution in [0.25, 0.3) is 0 Å². The van der Waals surface area contributed by atoms with E-state index in [1.807, 2.05) is 0 Å². The van der Waals surface area contributed by atoms with Crippen molar-refractivity contribution in [3.8, 4) is 0 Å². The van der Waals surface area contributed by atoms with Crippen LogP contribution in [0.5, 0.6) is 0 Å². The van der Waals surface area contributed by atoms with E-state index in [0.717, 1.165) is 5.56 Å². The van der Waals surface area contributed by atoms with Gasteiger partial charge in [0.15, 0.2) is 5.82 Å². The van der Waals surface area contributed by atoms with Crippen molar-refractivity contribution in [1.82, 2.24) is 9.97 Å². The SMILES string of the molecule is OC(Cc1cc(Cl)ccc1Cl)c1ncccn1. The van der Waals surface area contributed by atoms with E-state index in [1.165, 1.54) is 0 Å². The first-order valence-electron chi connectivity index (χ1n) is 5.05. The molecule has 2 aromatic rings. The Balaban J connectivity index is 2.18. The Labute approximate surface area is 109 Å². The van der Waals surface area contributed by atoms with Crippen molar-refractivity contribution in [3.63, 3.8) is 0 Å². The third-order valence-corrected chi connectivity index (χ3v) is 2.91. The molecule has 0 aliphatic rings. The first-order chi connectivity index (χ1) is 8.16. The van der Waals surface area contributed by atoms with Crippen LogP contribution in [0.2, 0.25) is 10.0 Å². The van der Waals surface area contributed by atoms with Crippen molar-refractivity contribution < 1.29 is 5.11 Å². The minimum Gasteiger partial charge on any atom is -0.385 e. The molecule has 17 heavy (non-hydrogen) atoms. The highest BCUT2D eigenvalue weighted by Gasteiger charge is 2.13. The van der Waals surface area contributed by atoms with Crippen molar-refractivity contribution in [2.24, 2.45) is 0 Å². The average molecular weight is 269 g/mol. The van der Waals surface area contributed by atoms with Crippen LogP contribution in [0.3, 0.4) is 0 Å². The molecule has 0 amide bonds. The number of aromatic nitrogens is 2. The molecule has 0 radical (unpaired) electrons. The third-order valence-electron chi connectivity index (χ3n) is 2.30. The molecular formula is C12H10Cl2N2O. The number of benzene rings is 1. The molecule has 1 aromatic heterocycles. The van der Waals surface area contributed by atoms with Crippen LogP contribution in [0.4, 0.5) is 0 Å². The second-order valence-electron chi connectivity index (χ2n) is 3.56. The molecule has 1 heterocycles.